The zero-order chi connectivity index (χ0) is 25.2. The fourth-order valence-electron chi connectivity index (χ4n) is 4.05. The van der Waals surface area contributed by atoms with E-state index >= 15 is 0 Å². The second-order valence-corrected chi connectivity index (χ2v) is 9.49. The van der Waals surface area contributed by atoms with Gasteiger partial charge in [-0.1, -0.05) is 61.4 Å². The van der Waals surface area contributed by atoms with Gasteiger partial charge in [0.2, 0.25) is 5.91 Å². The number of hydrogen-bond acceptors (Lipinski definition) is 6. The average Bonchev–Trinajstić information content (AvgIpc) is 3.43. The second kappa shape index (κ2) is 14.4. The molecule has 0 spiro atoms. The SMILES string of the molecule is CC(N=C(Nc1cccc2cccnc12)SCOC(=O)C1CCCC1)NC(=O)/C=C/c1ccccc1.[Cl-]. The minimum atomic E-state index is -0.513. The van der Waals surface area contributed by atoms with Crippen LogP contribution >= 0.6 is 11.8 Å². The monoisotopic (exact) mass is 537 g/mol. The number of amidine groups is 1. The van der Waals surface area contributed by atoms with Crippen LogP contribution in [0.1, 0.15) is 38.2 Å². The summed E-state index contributed by atoms with van der Waals surface area (Å²) in [5, 5.41) is 7.69. The van der Waals surface area contributed by atoms with Crippen molar-refractivity contribution in [3.63, 3.8) is 0 Å². The van der Waals surface area contributed by atoms with E-state index in [1.807, 2.05) is 60.7 Å². The van der Waals surface area contributed by atoms with E-state index in [9.17, 15) is 9.59 Å². The number of carbonyl (C=O) groups is 2. The highest BCUT2D eigenvalue weighted by Crippen LogP contribution is 2.26. The first kappa shape index (κ1) is 28.2. The van der Waals surface area contributed by atoms with Crippen molar-refractivity contribution in [1.29, 1.82) is 0 Å². The second-order valence-electron chi connectivity index (χ2n) is 8.58. The molecule has 1 amide bonds. The number of aromatic nitrogens is 1. The van der Waals surface area contributed by atoms with Crippen molar-refractivity contribution >= 4 is 51.5 Å². The lowest BCUT2D eigenvalue weighted by Crippen LogP contribution is -3.00. The van der Waals surface area contributed by atoms with Crippen molar-refractivity contribution in [3.8, 4) is 0 Å². The molecule has 1 saturated carbocycles. The normalized spacial score (nSPS) is 14.8. The summed E-state index contributed by atoms with van der Waals surface area (Å²) in [5.74, 6) is -0.276. The Hall–Kier alpha value is -3.36. The highest BCUT2D eigenvalue weighted by molar-refractivity contribution is 8.14. The van der Waals surface area contributed by atoms with Gasteiger partial charge < -0.3 is 27.8 Å². The molecule has 1 heterocycles. The van der Waals surface area contributed by atoms with Crippen LogP contribution in [0.5, 0.6) is 0 Å². The first-order valence-electron chi connectivity index (χ1n) is 12.1. The highest BCUT2D eigenvalue weighted by Gasteiger charge is 2.24. The maximum atomic E-state index is 12.4. The van der Waals surface area contributed by atoms with Gasteiger partial charge >= 0.3 is 5.97 Å². The van der Waals surface area contributed by atoms with Crippen LogP contribution < -0.4 is 23.0 Å². The van der Waals surface area contributed by atoms with E-state index in [-0.39, 0.29) is 36.1 Å². The molecule has 0 saturated heterocycles. The van der Waals surface area contributed by atoms with E-state index in [1.54, 1.807) is 19.2 Å². The number of nitrogens with one attached hydrogen (secondary N) is 2. The standard InChI is InChI=1S/C28H30N4O3S.ClH/c1-20(30-25(33)17-16-21-9-3-2-4-10-21)31-28(36-19-35-27(34)23-11-5-6-12-23)32-24-15-7-13-22-14-8-18-29-26(22)24;/h2-4,7-10,13-18,20,23H,5-6,11-12,19H2,1H3,(H,30,33)(H,31,32);1H/p-1/b17-16+;. The summed E-state index contributed by atoms with van der Waals surface area (Å²) in [7, 11) is 0. The Morgan fingerprint density at radius 3 is 2.65 bits per heavy atom. The molecule has 194 valence electrons. The van der Waals surface area contributed by atoms with E-state index in [1.165, 1.54) is 17.8 Å². The molecule has 0 radical (unpaired) electrons. The highest BCUT2D eigenvalue weighted by atomic mass is 35.5. The molecule has 0 aliphatic heterocycles. The molecule has 37 heavy (non-hydrogen) atoms. The molecular weight excluding hydrogens is 508 g/mol. The Morgan fingerprint density at radius 1 is 1.11 bits per heavy atom. The molecule has 7 nitrogen and oxygen atoms in total. The molecule has 0 bridgehead atoms. The molecule has 1 aromatic heterocycles. The number of halogens is 1. The van der Waals surface area contributed by atoms with Crippen molar-refractivity contribution in [2.24, 2.45) is 10.9 Å². The molecule has 2 aromatic carbocycles. The van der Waals surface area contributed by atoms with Crippen LogP contribution in [0.25, 0.3) is 17.0 Å². The molecule has 1 unspecified atom stereocenters. The third-order valence-electron chi connectivity index (χ3n) is 5.85. The van der Waals surface area contributed by atoms with Crippen LogP contribution in [0.3, 0.4) is 0 Å². The number of fused-ring (bicyclic) bond motifs is 1. The summed E-state index contributed by atoms with van der Waals surface area (Å²) in [6.45, 7) is 1.79. The minimum Gasteiger partial charge on any atom is -1.00 e. The fourth-order valence-corrected chi connectivity index (χ4v) is 4.75. The number of pyridine rings is 1. The van der Waals surface area contributed by atoms with E-state index < -0.39 is 6.17 Å². The number of rotatable bonds is 8. The molecule has 3 aromatic rings. The average molecular weight is 538 g/mol. The summed E-state index contributed by atoms with van der Waals surface area (Å²) < 4.78 is 5.52. The van der Waals surface area contributed by atoms with Gasteiger partial charge in [-0.05, 0) is 55.3 Å². The van der Waals surface area contributed by atoms with E-state index in [0.29, 0.717) is 5.17 Å². The largest absolute Gasteiger partial charge is 1.00 e. The number of para-hydroxylation sites is 1. The molecule has 1 atom stereocenters. The van der Waals surface area contributed by atoms with Crippen LogP contribution in [0, 0.1) is 5.92 Å². The van der Waals surface area contributed by atoms with Gasteiger partial charge in [0.05, 0.1) is 17.1 Å². The molecule has 2 N–H and O–H groups in total. The van der Waals surface area contributed by atoms with Gasteiger partial charge in [-0.3, -0.25) is 14.6 Å². The van der Waals surface area contributed by atoms with E-state index in [0.717, 1.165) is 47.8 Å². The molecule has 1 fully saturated rings. The van der Waals surface area contributed by atoms with E-state index in [2.05, 4.69) is 20.6 Å². The smallest absolute Gasteiger partial charge is 0.309 e. The third kappa shape index (κ3) is 8.61. The number of aliphatic imine (C=N–C) groups is 1. The Morgan fingerprint density at radius 2 is 1.86 bits per heavy atom. The minimum absolute atomic E-state index is 0. The maximum absolute atomic E-state index is 12.4. The molecule has 4 rings (SSSR count). The van der Waals surface area contributed by atoms with Gasteiger partial charge in [0.1, 0.15) is 12.1 Å². The van der Waals surface area contributed by atoms with Gasteiger partial charge in [0, 0.05) is 17.7 Å². The molecule has 1 aliphatic carbocycles. The van der Waals surface area contributed by atoms with Crippen LogP contribution in [-0.4, -0.2) is 34.1 Å². The summed E-state index contributed by atoms with van der Waals surface area (Å²) in [4.78, 5) is 33.9. The summed E-state index contributed by atoms with van der Waals surface area (Å²) in [6.07, 6.45) is 8.40. The lowest BCUT2D eigenvalue weighted by molar-refractivity contribution is -0.145. The first-order valence-corrected chi connectivity index (χ1v) is 13.1. The zero-order valence-corrected chi connectivity index (χ0v) is 22.2. The summed E-state index contributed by atoms with van der Waals surface area (Å²) in [5.41, 5.74) is 2.52. The lowest BCUT2D eigenvalue weighted by Gasteiger charge is -2.15. The molecular formula is C28H30ClN4O3S-. The van der Waals surface area contributed by atoms with Crippen LogP contribution in [0.4, 0.5) is 5.69 Å². The van der Waals surface area contributed by atoms with Gasteiger partial charge in [0.25, 0.3) is 0 Å². The topological polar surface area (TPSA) is 92.7 Å². The number of esters is 1. The molecule has 9 heteroatoms. The Bertz CT molecular complexity index is 1240. The van der Waals surface area contributed by atoms with Crippen LogP contribution in [0.15, 0.2) is 77.9 Å². The number of amides is 1. The Labute approximate surface area is 227 Å². The first-order chi connectivity index (χ1) is 17.6. The number of hydrogen-bond donors (Lipinski definition) is 2. The summed E-state index contributed by atoms with van der Waals surface area (Å²) in [6, 6.07) is 19.3. The van der Waals surface area contributed by atoms with Crippen molar-refractivity contribution in [2.75, 3.05) is 11.3 Å². The van der Waals surface area contributed by atoms with Gasteiger partial charge in [-0.15, -0.1) is 0 Å². The Balaban J connectivity index is 0.00000380. The van der Waals surface area contributed by atoms with Crippen LogP contribution in [-0.2, 0) is 14.3 Å². The third-order valence-corrected chi connectivity index (χ3v) is 6.57. The number of benzene rings is 2. The lowest BCUT2D eigenvalue weighted by atomic mass is 10.1. The predicted molar refractivity (Wildman–Crippen MR) is 146 cm³/mol. The number of ether oxygens (including phenoxy) is 1. The van der Waals surface area contributed by atoms with Gasteiger partial charge in [-0.25, -0.2) is 4.99 Å². The van der Waals surface area contributed by atoms with Crippen molar-refractivity contribution in [1.82, 2.24) is 10.3 Å². The Kier molecular flexibility index (Phi) is 11.0. The summed E-state index contributed by atoms with van der Waals surface area (Å²) >= 11 is 1.28. The van der Waals surface area contributed by atoms with Crippen LogP contribution in [0.2, 0.25) is 0 Å². The number of anilines is 1. The zero-order valence-electron chi connectivity index (χ0n) is 20.6. The van der Waals surface area contributed by atoms with E-state index in [4.69, 9.17) is 4.74 Å². The molecule has 1 aliphatic rings. The van der Waals surface area contributed by atoms with Crippen molar-refractivity contribution < 1.29 is 26.7 Å². The van der Waals surface area contributed by atoms with Gasteiger partial charge in [-0.2, -0.15) is 0 Å². The van der Waals surface area contributed by atoms with Gasteiger partial charge in [0.15, 0.2) is 5.17 Å². The van der Waals surface area contributed by atoms with Crippen molar-refractivity contribution in [3.05, 3.63) is 78.5 Å². The predicted octanol–water partition coefficient (Wildman–Crippen LogP) is 2.61. The van der Waals surface area contributed by atoms with Crippen molar-refractivity contribution in [2.45, 2.75) is 38.8 Å². The number of nitrogens with zero attached hydrogens (tertiary/aromatic N) is 2. The quantitative estimate of drug-likeness (QED) is 0.151. The fraction of sp³-hybridized carbons (Fsp3) is 0.286. The number of thioether (sulfide) groups is 1. The maximum Gasteiger partial charge on any atom is 0.309 e. The number of carbonyl (C=O) groups excluding carboxylic acids is 2.